The van der Waals surface area contributed by atoms with E-state index in [0.717, 1.165) is 0 Å². The summed E-state index contributed by atoms with van der Waals surface area (Å²) in [6.07, 6.45) is 0. The average molecular weight is 234 g/mol. The van der Waals surface area contributed by atoms with Crippen LogP contribution in [0.2, 0.25) is 0 Å². The first-order valence-corrected chi connectivity index (χ1v) is 5.11. The molecule has 0 bridgehead atoms. The van der Waals surface area contributed by atoms with Gasteiger partial charge >= 0.3 is 5.97 Å². The molecule has 1 N–H and O–H groups in total. The molecule has 76 valence electrons. The van der Waals surface area contributed by atoms with Gasteiger partial charge < -0.3 is 10.1 Å². The fourth-order valence-electron chi connectivity index (χ4n) is 0.804. The number of thiophene rings is 1. The van der Waals surface area contributed by atoms with Crippen LogP contribution in [-0.4, -0.2) is 24.9 Å². The summed E-state index contributed by atoms with van der Waals surface area (Å²) in [5.74, 6) is -0.828. The van der Waals surface area contributed by atoms with Crippen LogP contribution in [0, 0.1) is 0 Å². The third-order valence-corrected chi connectivity index (χ3v) is 2.54. The number of hydrogen-bond donors (Lipinski definition) is 1. The second-order valence-corrected chi connectivity index (χ2v) is 3.55. The fourth-order valence-corrected chi connectivity index (χ4v) is 1.63. The molecule has 4 nitrogen and oxygen atoms in total. The van der Waals surface area contributed by atoms with Crippen molar-refractivity contribution in [1.29, 1.82) is 0 Å². The van der Waals surface area contributed by atoms with E-state index >= 15 is 0 Å². The van der Waals surface area contributed by atoms with Crippen LogP contribution in [0.5, 0.6) is 0 Å². The van der Waals surface area contributed by atoms with Crippen molar-refractivity contribution in [1.82, 2.24) is 0 Å². The summed E-state index contributed by atoms with van der Waals surface area (Å²) in [5, 5.41) is 4.17. The van der Waals surface area contributed by atoms with Crippen LogP contribution in [-0.2, 0) is 9.53 Å². The van der Waals surface area contributed by atoms with Gasteiger partial charge in [-0.2, -0.15) is 0 Å². The summed E-state index contributed by atoms with van der Waals surface area (Å²) in [4.78, 5) is 22.3. The van der Waals surface area contributed by atoms with Gasteiger partial charge in [-0.15, -0.1) is 22.9 Å². The Hall–Kier alpha value is -1.07. The normalized spacial score (nSPS) is 9.57. The maximum Gasteiger partial charge on any atom is 0.348 e. The third-order valence-electron chi connectivity index (χ3n) is 1.39. The lowest BCUT2D eigenvalue weighted by atomic mass is 10.4. The number of anilines is 1. The molecule has 0 aliphatic heterocycles. The zero-order valence-corrected chi connectivity index (χ0v) is 8.95. The van der Waals surface area contributed by atoms with Crippen molar-refractivity contribution >= 4 is 40.5 Å². The van der Waals surface area contributed by atoms with Gasteiger partial charge in [-0.1, -0.05) is 0 Å². The van der Waals surface area contributed by atoms with Gasteiger partial charge in [0.25, 0.3) is 0 Å². The second-order valence-electron chi connectivity index (χ2n) is 2.37. The number of amides is 1. The van der Waals surface area contributed by atoms with Crippen molar-refractivity contribution in [2.75, 3.05) is 18.3 Å². The number of esters is 1. The van der Waals surface area contributed by atoms with E-state index < -0.39 is 5.97 Å². The average Bonchev–Trinajstić information content (AvgIpc) is 2.65. The van der Waals surface area contributed by atoms with Crippen LogP contribution in [0.1, 0.15) is 9.67 Å². The molecule has 0 aliphatic rings. The number of rotatable bonds is 3. The van der Waals surface area contributed by atoms with E-state index in [-0.39, 0.29) is 11.8 Å². The molecule has 0 aliphatic carbocycles. The van der Waals surface area contributed by atoms with E-state index in [0.29, 0.717) is 10.6 Å². The Kier molecular flexibility index (Phi) is 3.91. The van der Waals surface area contributed by atoms with Crippen LogP contribution in [0.25, 0.3) is 0 Å². The zero-order chi connectivity index (χ0) is 10.6. The highest BCUT2D eigenvalue weighted by atomic mass is 35.5. The van der Waals surface area contributed by atoms with E-state index in [1.165, 1.54) is 18.4 Å². The van der Waals surface area contributed by atoms with Crippen molar-refractivity contribution in [2.45, 2.75) is 0 Å². The predicted octanol–water partition coefficient (Wildman–Crippen LogP) is 1.71. The summed E-state index contributed by atoms with van der Waals surface area (Å²) in [5.41, 5.74) is 0.557. The Morgan fingerprint density at radius 2 is 2.36 bits per heavy atom. The van der Waals surface area contributed by atoms with Gasteiger partial charge in [-0.3, -0.25) is 4.79 Å². The lowest BCUT2D eigenvalue weighted by Gasteiger charge is -1.96. The van der Waals surface area contributed by atoms with E-state index in [9.17, 15) is 9.59 Å². The van der Waals surface area contributed by atoms with Crippen LogP contribution in [0.3, 0.4) is 0 Å². The molecule has 0 saturated heterocycles. The highest BCUT2D eigenvalue weighted by Crippen LogP contribution is 2.19. The van der Waals surface area contributed by atoms with Crippen LogP contribution in [0.15, 0.2) is 11.4 Å². The van der Waals surface area contributed by atoms with Crippen molar-refractivity contribution in [3.8, 4) is 0 Å². The minimum absolute atomic E-state index is 0.108. The molecular formula is C8H8ClNO3S. The monoisotopic (exact) mass is 233 g/mol. The first-order chi connectivity index (χ1) is 6.67. The molecule has 1 aromatic rings. The van der Waals surface area contributed by atoms with Gasteiger partial charge in [-0.25, -0.2) is 4.79 Å². The maximum atomic E-state index is 11.0. The lowest BCUT2D eigenvalue weighted by Crippen LogP contribution is -2.11. The minimum atomic E-state index is -0.415. The topological polar surface area (TPSA) is 55.4 Å². The zero-order valence-electron chi connectivity index (χ0n) is 7.37. The molecule has 14 heavy (non-hydrogen) atoms. The Morgan fingerprint density at radius 1 is 1.64 bits per heavy atom. The molecule has 0 saturated carbocycles. The Morgan fingerprint density at radius 3 is 2.93 bits per heavy atom. The molecule has 0 fully saturated rings. The second kappa shape index (κ2) is 4.97. The van der Waals surface area contributed by atoms with Gasteiger partial charge in [-0.05, 0) is 6.07 Å². The number of methoxy groups -OCH3 is 1. The van der Waals surface area contributed by atoms with Crippen LogP contribution in [0.4, 0.5) is 5.69 Å². The Bertz CT molecular complexity index is 350. The van der Waals surface area contributed by atoms with Crippen LogP contribution >= 0.6 is 22.9 Å². The molecule has 1 heterocycles. The minimum Gasteiger partial charge on any atom is -0.465 e. The molecular weight excluding hydrogens is 226 g/mol. The van der Waals surface area contributed by atoms with Crippen molar-refractivity contribution in [3.05, 3.63) is 16.3 Å². The number of carbonyl (C=O) groups excluding carboxylic acids is 2. The highest BCUT2D eigenvalue weighted by Gasteiger charge is 2.09. The summed E-state index contributed by atoms with van der Waals surface area (Å²) < 4.78 is 4.51. The number of halogens is 1. The largest absolute Gasteiger partial charge is 0.465 e. The van der Waals surface area contributed by atoms with Gasteiger partial charge in [0, 0.05) is 5.38 Å². The number of nitrogens with one attached hydrogen (secondary N) is 1. The fraction of sp³-hybridized carbons (Fsp3) is 0.250. The number of alkyl halides is 1. The molecule has 0 spiro atoms. The summed E-state index contributed by atoms with van der Waals surface area (Å²) in [6.45, 7) is 0. The third kappa shape index (κ3) is 2.71. The SMILES string of the molecule is COC(=O)c1cc(NC(=O)CCl)cs1. The molecule has 0 aromatic carbocycles. The van der Waals surface area contributed by atoms with E-state index in [1.54, 1.807) is 11.4 Å². The quantitative estimate of drug-likeness (QED) is 0.639. The van der Waals surface area contributed by atoms with Crippen molar-refractivity contribution in [3.63, 3.8) is 0 Å². The van der Waals surface area contributed by atoms with Gasteiger partial charge in [0.05, 0.1) is 12.8 Å². The van der Waals surface area contributed by atoms with Gasteiger partial charge in [0.15, 0.2) is 0 Å². The van der Waals surface area contributed by atoms with Crippen LogP contribution < -0.4 is 5.32 Å². The standard InChI is InChI=1S/C8H8ClNO3S/c1-13-8(12)6-2-5(4-14-6)10-7(11)3-9/h2,4H,3H2,1H3,(H,10,11). The smallest absolute Gasteiger partial charge is 0.348 e. The number of ether oxygens (including phenoxy) is 1. The molecule has 1 aromatic heterocycles. The summed E-state index contributed by atoms with van der Waals surface area (Å²) in [7, 11) is 1.30. The maximum absolute atomic E-state index is 11.0. The summed E-state index contributed by atoms with van der Waals surface area (Å²) in [6, 6.07) is 1.54. The molecule has 6 heteroatoms. The molecule has 1 rings (SSSR count). The summed E-state index contributed by atoms with van der Waals surface area (Å²) >= 11 is 6.50. The van der Waals surface area contributed by atoms with Gasteiger partial charge in [0.1, 0.15) is 10.8 Å². The van der Waals surface area contributed by atoms with Crippen molar-refractivity contribution in [2.24, 2.45) is 0 Å². The highest BCUT2D eigenvalue weighted by molar-refractivity contribution is 7.12. The van der Waals surface area contributed by atoms with Gasteiger partial charge in [0.2, 0.25) is 5.91 Å². The number of hydrogen-bond acceptors (Lipinski definition) is 4. The van der Waals surface area contributed by atoms with Crippen molar-refractivity contribution < 1.29 is 14.3 Å². The van der Waals surface area contributed by atoms with E-state index in [4.69, 9.17) is 11.6 Å². The number of carbonyl (C=O) groups is 2. The first-order valence-electron chi connectivity index (χ1n) is 3.70. The molecule has 0 unspecified atom stereocenters. The first kappa shape index (κ1) is 11.0. The predicted molar refractivity (Wildman–Crippen MR) is 55.0 cm³/mol. The lowest BCUT2D eigenvalue weighted by molar-refractivity contribution is -0.113. The molecule has 0 atom stereocenters. The molecule has 0 radical (unpaired) electrons. The Balaban J connectivity index is 2.68. The van der Waals surface area contributed by atoms with E-state index in [2.05, 4.69) is 10.1 Å². The molecule has 1 amide bonds. The Labute approximate surface area is 89.8 Å². The van der Waals surface area contributed by atoms with E-state index in [1.807, 2.05) is 0 Å².